The molecular weight excluding hydrogens is 436 g/mol. The van der Waals surface area contributed by atoms with Crippen LogP contribution < -0.4 is 10.1 Å². The molecule has 0 bridgehead atoms. The van der Waals surface area contributed by atoms with E-state index < -0.39 is 10.0 Å². The monoisotopic (exact) mass is 466 g/mol. The third-order valence-electron chi connectivity index (χ3n) is 5.47. The number of sulfonamides is 1. The lowest BCUT2D eigenvalue weighted by Gasteiger charge is -2.20. The van der Waals surface area contributed by atoms with Crippen LogP contribution in [0.4, 0.5) is 0 Å². The quantitative estimate of drug-likeness (QED) is 0.466. The summed E-state index contributed by atoms with van der Waals surface area (Å²) in [5, 5.41) is 3.00. The molecule has 3 rings (SSSR count). The molecule has 0 saturated heterocycles. The average molecular weight is 467 g/mol. The lowest BCUT2D eigenvalue weighted by atomic mass is 10.1. The molecule has 1 atom stereocenters. The minimum absolute atomic E-state index is 0.213. The van der Waals surface area contributed by atoms with Crippen molar-refractivity contribution in [2.75, 3.05) is 13.1 Å². The maximum Gasteiger partial charge on any atom is 0.252 e. The second-order valence-corrected chi connectivity index (χ2v) is 9.55. The zero-order chi connectivity index (χ0) is 23.8. The van der Waals surface area contributed by atoms with Crippen LogP contribution in [0.25, 0.3) is 0 Å². The molecule has 33 heavy (non-hydrogen) atoms. The van der Waals surface area contributed by atoms with Gasteiger partial charge in [-0.2, -0.15) is 4.31 Å². The van der Waals surface area contributed by atoms with Crippen LogP contribution >= 0.6 is 0 Å². The highest BCUT2D eigenvalue weighted by Gasteiger charge is 2.22. The van der Waals surface area contributed by atoms with Crippen LogP contribution in [0.2, 0.25) is 0 Å². The first kappa shape index (κ1) is 24.5. The lowest BCUT2D eigenvalue weighted by Crippen LogP contribution is -2.30. The van der Waals surface area contributed by atoms with Gasteiger partial charge in [0.25, 0.3) is 5.91 Å². The van der Waals surface area contributed by atoms with Crippen LogP contribution in [0.3, 0.4) is 0 Å². The summed E-state index contributed by atoms with van der Waals surface area (Å²) < 4.78 is 32.6. The molecule has 0 saturated carbocycles. The van der Waals surface area contributed by atoms with E-state index in [1.165, 1.54) is 4.31 Å². The Bertz CT molecular complexity index is 1160. The van der Waals surface area contributed by atoms with Gasteiger partial charge in [-0.1, -0.05) is 62.4 Å². The number of hydrogen-bond donors (Lipinski definition) is 1. The number of nitrogens with zero attached hydrogens (tertiary/aromatic N) is 1. The summed E-state index contributed by atoms with van der Waals surface area (Å²) in [4.78, 5) is 13.2. The molecule has 174 valence electrons. The van der Waals surface area contributed by atoms with E-state index in [1.807, 2.05) is 69.3 Å². The fourth-order valence-electron chi connectivity index (χ4n) is 3.54. The van der Waals surface area contributed by atoms with Gasteiger partial charge in [-0.25, -0.2) is 8.42 Å². The molecule has 0 spiro atoms. The van der Waals surface area contributed by atoms with E-state index in [9.17, 15) is 13.2 Å². The van der Waals surface area contributed by atoms with Gasteiger partial charge in [-0.15, -0.1) is 0 Å². The van der Waals surface area contributed by atoms with Crippen molar-refractivity contribution in [2.45, 2.75) is 38.3 Å². The molecule has 3 aromatic rings. The second kappa shape index (κ2) is 11.1. The molecule has 1 amide bonds. The third-order valence-corrected chi connectivity index (χ3v) is 7.53. The van der Waals surface area contributed by atoms with E-state index in [0.717, 1.165) is 16.9 Å². The normalized spacial score (nSPS) is 12.4. The molecule has 0 aromatic heterocycles. The Morgan fingerprint density at radius 3 is 2.15 bits per heavy atom. The Morgan fingerprint density at radius 2 is 1.52 bits per heavy atom. The number of amides is 1. The van der Waals surface area contributed by atoms with Crippen molar-refractivity contribution in [1.82, 2.24) is 9.62 Å². The zero-order valence-electron chi connectivity index (χ0n) is 19.2. The third kappa shape index (κ3) is 6.00. The van der Waals surface area contributed by atoms with E-state index in [0.29, 0.717) is 18.7 Å². The van der Waals surface area contributed by atoms with Gasteiger partial charge in [0.1, 0.15) is 12.4 Å². The number of nitrogens with one attached hydrogen (secondary N) is 1. The summed E-state index contributed by atoms with van der Waals surface area (Å²) in [5.41, 5.74) is 2.15. The predicted octanol–water partition coefficient (Wildman–Crippen LogP) is 4.79. The Kier molecular flexibility index (Phi) is 8.25. The molecule has 0 heterocycles. The minimum Gasteiger partial charge on any atom is -0.489 e. The van der Waals surface area contributed by atoms with Gasteiger partial charge < -0.3 is 10.1 Å². The molecule has 7 heteroatoms. The topological polar surface area (TPSA) is 75.7 Å². The van der Waals surface area contributed by atoms with Crippen molar-refractivity contribution in [3.05, 3.63) is 95.6 Å². The number of carbonyl (C=O) groups is 1. The van der Waals surface area contributed by atoms with E-state index in [4.69, 9.17) is 4.74 Å². The first-order valence-electron chi connectivity index (χ1n) is 11.0. The number of ether oxygens (including phenoxy) is 1. The predicted molar refractivity (Wildman–Crippen MR) is 130 cm³/mol. The molecule has 3 aromatic carbocycles. The van der Waals surface area contributed by atoms with Crippen LogP contribution in [-0.4, -0.2) is 31.7 Å². The van der Waals surface area contributed by atoms with Gasteiger partial charge in [-0.05, 0) is 42.8 Å². The number of carbonyl (C=O) groups excluding carboxylic acids is 1. The first-order chi connectivity index (χ1) is 15.9. The second-order valence-electron chi connectivity index (χ2n) is 7.61. The van der Waals surface area contributed by atoms with Gasteiger partial charge in [0.05, 0.1) is 10.9 Å². The van der Waals surface area contributed by atoms with Gasteiger partial charge in [0, 0.05) is 24.2 Å². The summed E-state index contributed by atoms with van der Waals surface area (Å²) in [6, 6.07) is 23.1. The van der Waals surface area contributed by atoms with Crippen LogP contribution in [0.15, 0.2) is 83.8 Å². The maximum atomic E-state index is 13.0. The number of benzene rings is 3. The largest absolute Gasteiger partial charge is 0.489 e. The van der Waals surface area contributed by atoms with Crippen molar-refractivity contribution >= 4 is 15.9 Å². The highest BCUT2D eigenvalue weighted by Crippen LogP contribution is 2.21. The fraction of sp³-hybridized carbons (Fsp3) is 0.269. The van der Waals surface area contributed by atoms with E-state index in [1.54, 1.807) is 30.3 Å². The number of hydrogen-bond acceptors (Lipinski definition) is 4. The molecule has 0 aliphatic rings. The highest BCUT2D eigenvalue weighted by atomic mass is 32.2. The van der Waals surface area contributed by atoms with Crippen molar-refractivity contribution in [3.63, 3.8) is 0 Å². The van der Waals surface area contributed by atoms with Crippen molar-refractivity contribution in [1.29, 1.82) is 0 Å². The summed E-state index contributed by atoms with van der Waals surface area (Å²) in [6.45, 7) is 6.61. The highest BCUT2D eigenvalue weighted by molar-refractivity contribution is 7.89. The van der Waals surface area contributed by atoms with Gasteiger partial charge in [0.2, 0.25) is 10.0 Å². The Morgan fingerprint density at radius 1 is 0.909 bits per heavy atom. The van der Waals surface area contributed by atoms with Crippen molar-refractivity contribution in [2.24, 2.45) is 0 Å². The van der Waals surface area contributed by atoms with E-state index in [-0.39, 0.29) is 23.5 Å². The fourth-order valence-corrected chi connectivity index (χ4v) is 5.00. The molecule has 6 nitrogen and oxygen atoms in total. The van der Waals surface area contributed by atoms with Crippen LogP contribution in [0.1, 0.15) is 48.3 Å². The summed E-state index contributed by atoms with van der Waals surface area (Å²) in [6.07, 6.45) is 0. The Labute approximate surface area is 196 Å². The van der Waals surface area contributed by atoms with Gasteiger partial charge in [-0.3, -0.25) is 4.79 Å². The molecule has 1 N–H and O–H groups in total. The van der Waals surface area contributed by atoms with E-state index in [2.05, 4.69) is 5.32 Å². The Hall–Kier alpha value is -3.16. The van der Waals surface area contributed by atoms with Crippen molar-refractivity contribution in [3.8, 4) is 5.75 Å². The lowest BCUT2D eigenvalue weighted by molar-refractivity contribution is 0.0937. The Balaban J connectivity index is 1.70. The van der Waals surface area contributed by atoms with Crippen LogP contribution in [0, 0.1) is 0 Å². The SMILES string of the molecule is CCN(CC)S(=O)(=O)c1ccc([C@H](C)NC(=O)c2ccccc2COc2ccccc2)cc1. The molecule has 0 fully saturated rings. The van der Waals surface area contributed by atoms with Crippen LogP contribution in [0.5, 0.6) is 5.75 Å². The summed E-state index contributed by atoms with van der Waals surface area (Å²) in [5.74, 6) is 0.524. The summed E-state index contributed by atoms with van der Waals surface area (Å²) in [7, 11) is -3.51. The first-order valence-corrected chi connectivity index (χ1v) is 12.5. The maximum absolute atomic E-state index is 13.0. The number of rotatable bonds is 10. The average Bonchev–Trinajstić information content (AvgIpc) is 2.84. The molecule has 0 unspecified atom stereocenters. The van der Waals surface area contributed by atoms with Gasteiger partial charge in [0.15, 0.2) is 0 Å². The minimum atomic E-state index is -3.51. The molecular formula is C26H30N2O4S. The molecule has 0 aliphatic heterocycles. The molecule has 0 radical (unpaired) electrons. The molecule has 0 aliphatic carbocycles. The van der Waals surface area contributed by atoms with Crippen molar-refractivity contribution < 1.29 is 17.9 Å². The zero-order valence-corrected chi connectivity index (χ0v) is 20.0. The van der Waals surface area contributed by atoms with Crippen LogP contribution in [-0.2, 0) is 16.6 Å². The van der Waals surface area contributed by atoms with E-state index >= 15 is 0 Å². The van der Waals surface area contributed by atoms with Gasteiger partial charge >= 0.3 is 0 Å². The standard InChI is InChI=1S/C26H30N2O4S/c1-4-28(5-2)33(30,31)24-17-15-21(16-18-24)20(3)27-26(29)25-14-10-9-11-22(25)19-32-23-12-7-6-8-13-23/h6-18,20H,4-5,19H2,1-3H3,(H,27,29)/t20-/m0/s1. The number of para-hydroxylation sites is 1. The smallest absolute Gasteiger partial charge is 0.252 e. The summed E-state index contributed by atoms with van der Waals surface area (Å²) >= 11 is 0.